The summed E-state index contributed by atoms with van der Waals surface area (Å²) < 4.78 is 0.971. The third kappa shape index (κ3) is 4.56. The summed E-state index contributed by atoms with van der Waals surface area (Å²) in [6.45, 7) is 2.38. The van der Waals surface area contributed by atoms with Gasteiger partial charge in [0.25, 0.3) is 0 Å². The molecule has 2 N–H and O–H groups in total. The summed E-state index contributed by atoms with van der Waals surface area (Å²) in [6.07, 6.45) is -0.125. The molecule has 0 saturated heterocycles. The first-order chi connectivity index (χ1) is 8.00. The summed E-state index contributed by atoms with van der Waals surface area (Å²) >= 11 is 3.45. The molecule has 4 nitrogen and oxygen atoms in total. The third-order valence-electron chi connectivity index (χ3n) is 2.31. The van der Waals surface area contributed by atoms with Crippen molar-refractivity contribution >= 4 is 27.8 Å². The Morgan fingerprint density at radius 2 is 2.06 bits per heavy atom. The molecule has 1 rings (SSSR count). The molecular formula is C12H14BrNO3. The zero-order chi connectivity index (χ0) is 12.8. The summed E-state index contributed by atoms with van der Waals surface area (Å²) in [5, 5.41) is 11.1. The Balaban J connectivity index is 2.47. The van der Waals surface area contributed by atoms with Crippen LogP contribution in [0.25, 0.3) is 0 Å². The van der Waals surface area contributed by atoms with Gasteiger partial charge in [-0.2, -0.15) is 0 Å². The van der Waals surface area contributed by atoms with Gasteiger partial charge in [-0.3, -0.25) is 9.59 Å². The fourth-order valence-electron chi connectivity index (χ4n) is 1.35. The maximum Gasteiger partial charge on any atom is 0.303 e. The van der Waals surface area contributed by atoms with Gasteiger partial charge in [-0.1, -0.05) is 34.1 Å². The van der Waals surface area contributed by atoms with Gasteiger partial charge in [0.15, 0.2) is 0 Å². The van der Waals surface area contributed by atoms with Gasteiger partial charge in [0.05, 0.1) is 6.42 Å². The minimum atomic E-state index is -0.961. The highest BCUT2D eigenvalue weighted by Gasteiger charge is 2.07. The number of carboxylic acids is 1. The minimum absolute atomic E-state index is 0.0127. The van der Waals surface area contributed by atoms with Gasteiger partial charge in [0.1, 0.15) is 0 Å². The Kier molecular flexibility index (Phi) is 5.15. The van der Waals surface area contributed by atoms with Gasteiger partial charge in [0, 0.05) is 17.4 Å². The molecule has 92 valence electrons. The lowest BCUT2D eigenvalue weighted by Crippen LogP contribution is -2.23. The number of hydrogen-bond acceptors (Lipinski definition) is 2. The van der Waals surface area contributed by atoms with E-state index >= 15 is 0 Å². The van der Waals surface area contributed by atoms with Crippen molar-refractivity contribution in [2.75, 3.05) is 0 Å². The minimum Gasteiger partial charge on any atom is -0.481 e. The average molecular weight is 300 g/mol. The Morgan fingerprint density at radius 3 is 2.71 bits per heavy atom. The zero-order valence-electron chi connectivity index (χ0n) is 9.50. The smallest absolute Gasteiger partial charge is 0.303 e. The van der Waals surface area contributed by atoms with E-state index in [-0.39, 0.29) is 18.7 Å². The number of hydrogen-bond donors (Lipinski definition) is 2. The van der Waals surface area contributed by atoms with E-state index < -0.39 is 5.97 Å². The summed E-state index contributed by atoms with van der Waals surface area (Å²) in [6, 6.07) is 5.80. The number of carboxylic acid groups (broad SMARTS) is 1. The monoisotopic (exact) mass is 299 g/mol. The molecule has 1 aromatic carbocycles. The van der Waals surface area contributed by atoms with Gasteiger partial charge >= 0.3 is 5.97 Å². The highest BCUT2D eigenvalue weighted by molar-refractivity contribution is 9.10. The second-order valence-corrected chi connectivity index (χ2v) is 4.51. The predicted molar refractivity (Wildman–Crippen MR) is 67.6 cm³/mol. The highest BCUT2D eigenvalue weighted by Crippen LogP contribution is 2.20. The zero-order valence-corrected chi connectivity index (χ0v) is 11.1. The number of aliphatic carboxylic acids is 1. The van der Waals surface area contributed by atoms with Gasteiger partial charge < -0.3 is 10.4 Å². The molecule has 0 aromatic heterocycles. The lowest BCUT2D eigenvalue weighted by Gasteiger charge is -2.08. The van der Waals surface area contributed by atoms with Crippen LogP contribution >= 0.6 is 15.9 Å². The fourth-order valence-corrected chi connectivity index (χ4v) is 1.75. The Labute approximate surface area is 108 Å². The lowest BCUT2D eigenvalue weighted by atomic mass is 10.1. The summed E-state index contributed by atoms with van der Waals surface area (Å²) in [5.74, 6) is -1.21. The molecule has 0 spiro atoms. The molecule has 1 aromatic rings. The van der Waals surface area contributed by atoms with E-state index in [0.29, 0.717) is 6.54 Å². The van der Waals surface area contributed by atoms with Crippen LogP contribution in [0.15, 0.2) is 22.7 Å². The Morgan fingerprint density at radius 1 is 1.35 bits per heavy atom. The normalized spacial score (nSPS) is 10.0. The van der Waals surface area contributed by atoms with Gasteiger partial charge in [-0.15, -0.1) is 0 Å². The Hall–Kier alpha value is -1.36. The number of carbonyl (C=O) groups is 2. The van der Waals surface area contributed by atoms with E-state index in [2.05, 4.69) is 21.2 Å². The van der Waals surface area contributed by atoms with Gasteiger partial charge in [0.2, 0.25) is 5.91 Å². The second-order valence-electron chi connectivity index (χ2n) is 3.72. The summed E-state index contributed by atoms with van der Waals surface area (Å²) in [4.78, 5) is 21.6. The third-order valence-corrected chi connectivity index (χ3v) is 3.45. The Bertz CT molecular complexity index is 432. The molecule has 1 amide bonds. The number of halogens is 1. The number of rotatable bonds is 5. The number of amides is 1. The van der Waals surface area contributed by atoms with Crippen molar-refractivity contribution in [1.29, 1.82) is 0 Å². The van der Waals surface area contributed by atoms with Crippen LogP contribution in [-0.4, -0.2) is 17.0 Å². The molecule has 0 aliphatic rings. The molecular weight excluding hydrogens is 286 g/mol. The van der Waals surface area contributed by atoms with Gasteiger partial charge in [-0.05, 0) is 18.1 Å². The molecule has 0 saturated carbocycles. The molecule has 0 aliphatic heterocycles. The van der Waals surface area contributed by atoms with Crippen LogP contribution in [0.5, 0.6) is 0 Å². The van der Waals surface area contributed by atoms with Crippen LogP contribution in [0.2, 0.25) is 0 Å². The molecule has 0 heterocycles. The van der Waals surface area contributed by atoms with Crippen molar-refractivity contribution in [1.82, 2.24) is 5.32 Å². The summed E-state index contributed by atoms with van der Waals surface area (Å²) in [5.41, 5.74) is 2.08. The first-order valence-electron chi connectivity index (χ1n) is 5.23. The van der Waals surface area contributed by atoms with E-state index in [1.165, 1.54) is 0 Å². The van der Waals surface area contributed by atoms with Gasteiger partial charge in [-0.25, -0.2) is 0 Å². The van der Waals surface area contributed by atoms with Crippen molar-refractivity contribution < 1.29 is 14.7 Å². The number of benzene rings is 1. The largest absolute Gasteiger partial charge is 0.481 e. The van der Waals surface area contributed by atoms with Crippen LogP contribution in [-0.2, 0) is 16.1 Å². The van der Waals surface area contributed by atoms with Crippen molar-refractivity contribution in [3.05, 3.63) is 33.8 Å². The molecule has 0 aliphatic carbocycles. The lowest BCUT2D eigenvalue weighted by molar-refractivity contribution is -0.138. The SMILES string of the molecule is Cc1cccc(CNC(=O)CCC(=O)O)c1Br. The molecule has 0 bridgehead atoms. The molecule has 0 atom stereocenters. The average Bonchev–Trinajstić information content (AvgIpc) is 2.28. The standard InChI is InChI=1S/C12H14BrNO3/c1-8-3-2-4-9(12(8)13)7-14-10(15)5-6-11(16)17/h2-4H,5-7H2,1H3,(H,14,15)(H,16,17). The molecule has 0 unspecified atom stereocenters. The molecule has 0 radical (unpaired) electrons. The van der Waals surface area contributed by atoms with Crippen molar-refractivity contribution in [2.45, 2.75) is 26.3 Å². The van der Waals surface area contributed by atoms with E-state index in [1.54, 1.807) is 0 Å². The second kappa shape index (κ2) is 6.39. The first kappa shape index (κ1) is 13.7. The maximum atomic E-state index is 11.3. The molecule has 17 heavy (non-hydrogen) atoms. The predicted octanol–water partition coefficient (Wildman–Crippen LogP) is 2.24. The van der Waals surface area contributed by atoms with E-state index in [4.69, 9.17) is 5.11 Å². The quantitative estimate of drug-likeness (QED) is 0.876. The highest BCUT2D eigenvalue weighted by atomic mass is 79.9. The van der Waals surface area contributed by atoms with Crippen LogP contribution in [0.1, 0.15) is 24.0 Å². The van der Waals surface area contributed by atoms with Crippen LogP contribution in [0.3, 0.4) is 0 Å². The van der Waals surface area contributed by atoms with E-state index in [0.717, 1.165) is 15.6 Å². The number of nitrogens with one attached hydrogen (secondary N) is 1. The number of aryl methyl sites for hydroxylation is 1. The molecule has 0 fully saturated rings. The van der Waals surface area contributed by atoms with E-state index in [1.807, 2.05) is 25.1 Å². The van der Waals surface area contributed by atoms with Crippen molar-refractivity contribution in [3.8, 4) is 0 Å². The van der Waals surface area contributed by atoms with Crippen molar-refractivity contribution in [3.63, 3.8) is 0 Å². The topological polar surface area (TPSA) is 66.4 Å². The van der Waals surface area contributed by atoms with Crippen molar-refractivity contribution in [2.24, 2.45) is 0 Å². The van der Waals surface area contributed by atoms with E-state index in [9.17, 15) is 9.59 Å². The first-order valence-corrected chi connectivity index (χ1v) is 6.02. The van der Waals surface area contributed by atoms with Crippen LogP contribution in [0, 0.1) is 6.92 Å². The number of carbonyl (C=O) groups excluding carboxylic acids is 1. The summed E-state index contributed by atoms with van der Waals surface area (Å²) in [7, 11) is 0. The van der Waals surface area contributed by atoms with Crippen LogP contribution < -0.4 is 5.32 Å². The fraction of sp³-hybridized carbons (Fsp3) is 0.333. The maximum absolute atomic E-state index is 11.3. The van der Waals surface area contributed by atoms with Crippen LogP contribution in [0.4, 0.5) is 0 Å². The molecule has 5 heteroatoms.